The Morgan fingerprint density at radius 3 is 2.58 bits per heavy atom. The summed E-state index contributed by atoms with van der Waals surface area (Å²) < 4.78 is 0. The zero-order valence-electron chi connectivity index (χ0n) is 16.5. The molecule has 0 spiro atoms. The van der Waals surface area contributed by atoms with Crippen molar-refractivity contribution >= 4 is 29.9 Å². The lowest BCUT2D eigenvalue weighted by Crippen LogP contribution is -2.42. The topological polar surface area (TPSA) is 39.7 Å². The van der Waals surface area contributed by atoms with Crippen LogP contribution in [0, 0.1) is 0 Å². The molecule has 0 aliphatic carbocycles. The molecule has 0 saturated carbocycles. The summed E-state index contributed by atoms with van der Waals surface area (Å²) in [6.45, 7) is 10.0. The van der Waals surface area contributed by atoms with E-state index in [0.29, 0.717) is 6.04 Å². The van der Waals surface area contributed by atoms with Gasteiger partial charge in [-0.3, -0.25) is 4.99 Å². The molecule has 2 rings (SSSR count). The van der Waals surface area contributed by atoms with Crippen LogP contribution in [-0.2, 0) is 6.42 Å². The summed E-state index contributed by atoms with van der Waals surface area (Å²) >= 11 is 0. The van der Waals surface area contributed by atoms with Gasteiger partial charge >= 0.3 is 0 Å². The van der Waals surface area contributed by atoms with Gasteiger partial charge in [0, 0.05) is 19.1 Å². The number of likely N-dealkylation sites (tertiary alicyclic amines) is 1. The van der Waals surface area contributed by atoms with Crippen molar-refractivity contribution in [2.24, 2.45) is 4.99 Å². The van der Waals surface area contributed by atoms with E-state index in [1.807, 2.05) is 0 Å². The molecule has 0 amide bonds. The zero-order valence-corrected chi connectivity index (χ0v) is 18.9. The summed E-state index contributed by atoms with van der Waals surface area (Å²) in [6, 6.07) is 11.1. The molecule has 1 aliphatic rings. The summed E-state index contributed by atoms with van der Waals surface area (Å²) in [4.78, 5) is 7.33. The highest BCUT2D eigenvalue weighted by molar-refractivity contribution is 14.0. The van der Waals surface area contributed by atoms with E-state index in [9.17, 15) is 0 Å². The lowest BCUT2D eigenvalue weighted by atomic mass is 10.1. The van der Waals surface area contributed by atoms with E-state index in [2.05, 4.69) is 59.7 Å². The lowest BCUT2D eigenvalue weighted by molar-refractivity contribution is 0.331. The van der Waals surface area contributed by atoms with E-state index >= 15 is 0 Å². The molecular weight excluding hydrogens is 435 g/mol. The van der Waals surface area contributed by atoms with E-state index in [1.54, 1.807) is 0 Å². The molecule has 1 aromatic rings. The van der Waals surface area contributed by atoms with Gasteiger partial charge in [-0.05, 0) is 77.6 Å². The number of halogens is 1. The maximum atomic E-state index is 4.75. The van der Waals surface area contributed by atoms with Crippen molar-refractivity contribution in [3.05, 3.63) is 35.9 Å². The van der Waals surface area contributed by atoms with Crippen molar-refractivity contribution in [3.63, 3.8) is 0 Å². The minimum Gasteiger partial charge on any atom is -0.357 e. The minimum absolute atomic E-state index is 0. The molecule has 0 bridgehead atoms. The van der Waals surface area contributed by atoms with Gasteiger partial charge in [0.15, 0.2) is 5.96 Å². The third-order valence-corrected chi connectivity index (χ3v) is 4.79. The predicted molar refractivity (Wildman–Crippen MR) is 124 cm³/mol. The smallest absolute Gasteiger partial charge is 0.191 e. The van der Waals surface area contributed by atoms with Crippen LogP contribution in [0.2, 0.25) is 0 Å². The van der Waals surface area contributed by atoms with E-state index in [1.165, 1.54) is 50.9 Å². The highest BCUT2D eigenvalue weighted by atomic mass is 127. The molecular formula is C21H37IN4. The van der Waals surface area contributed by atoms with Crippen molar-refractivity contribution in [1.82, 2.24) is 15.5 Å². The highest BCUT2D eigenvalue weighted by Gasteiger charge is 2.10. The number of hydrogen-bond acceptors (Lipinski definition) is 2. The summed E-state index contributed by atoms with van der Waals surface area (Å²) in [7, 11) is 0. The molecule has 5 heteroatoms. The number of unbranched alkanes of at least 4 members (excludes halogenated alkanes) is 1. The Hall–Kier alpha value is -0.820. The second-order valence-electron chi connectivity index (χ2n) is 7.09. The molecule has 1 heterocycles. The van der Waals surface area contributed by atoms with Gasteiger partial charge in [-0.15, -0.1) is 24.0 Å². The van der Waals surface area contributed by atoms with Gasteiger partial charge in [-0.2, -0.15) is 0 Å². The normalized spacial score (nSPS) is 16.2. The molecule has 1 fully saturated rings. The monoisotopic (exact) mass is 472 g/mol. The number of nitrogens with zero attached hydrogens (tertiary/aromatic N) is 2. The molecule has 4 nitrogen and oxygen atoms in total. The van der Waals surface area contributed by atoms with Crippen molar-refractivity contribution in [2.45, 2.75) is 58.4 Å². The third kappa shape index (κ3) is 9.76. The minimum atomic E-state index is 0. The van der Waals surface area contributed by atoms with Gasteiger partial charge in [-0.25, -0.2) is 0 Å². The van der Waals surface area contributed by atoms with Crippen LogP contribution in [0.1, 0.15) is 51.5 Å². The average Bonchev–Trinajstić information content (AvgIpc) is 3.14. The Balaban J connectivity index is 0.00000338. The standard InChI is InChI=1S/C21H36N4.HI/c1-3-22-21(23-15-7-8-16-25-17-9-10-18-25)24-19(2)13-14-20-11-5-4-6-12-20;/h4-6,11-12,19H,3,7-10,13-18H2,1-2H3,(H2,22,23,24);1H. The molecule has 0 aromatic heterocycles. The first-order valence-electron chi connectivity index (χ1n) is 10.1. The Kier molecular flexibility index (Phi) is 12.7. The lowest BCUT2D eigenvalue weighted by Gasteiger charge is -2.18. The number of guanidine groups is 1. The number of nitrogens with one attached hydrogen (secondary N) is 2. The largest absolute Gasteiger partial charge is 0.357 e. The fourth-order valence-corrected chi connectivity index (χ4v) is 3.30. The Labute approximate surface area is 177 Å². The molecule has 1 aliphatic heterocycles. The summed E-state index contributed by atoms with van der Waals surface area (Å²) in [5.74, 6) is 0.962. The predicted octanol–water partition coefficient (Wildman–Crippen LogP) is 4.06. The Bertz CT molecular complexity index is 486. The van der Waals surface area contributed by atoms with Crippen LogP contribution in [0.25, 0.3) is 0 Å². The van der Waals surface area contributed by atoms with Crippen LogP contribution >= 0.6 is 24.0 Å². The maximum Gasteiger partial charge on any atom is 0.191 e. The van der Waals surface area contributed by atoms with Gasteiger partial charge < -0.3 is 15.5 Å². The number of aliphatic imine (C=N–C) groups is 1. The first kappa shape index (κ1) is 23.2. The van der Waals surface area contributed by atoms with Crippen molar-refractivity contribution in [1.29, 1.82) is 0 Å². The SMILES string of the molecule is CCNC(=NCCCCN1CCCC1)NC(C)CCc1ccccc1.I. The highest BCUT2D eigenvalue weighted by Crippen LogP contribution is 2.08. The van der Waals surface area contributed by atoms with Gasteiger partial charge in [0.2, 0.25) is 0 Å². The Morgan fingerprint density at radius 1 is 1.15 bits per heavy atom. The molecule has 1 atom stereocenters. The van der Waals surface area contributed by atoms with Crippen LogP contribution in [0.3, 0.4) is 0 Å². The van der Waals surface area contributed by atoms with E-state index in [-0.39, 0.29) is 24.0 Å². The molecule has 148 valence electrons. The first-order chi connectivity index (χ1) is 12.3. The fourth-order valence-electron chi connectivity index (χ4n) is 3.30. The molecule has 0 radical (unpaired) electrons. The van der Waals surface area contributed by atoms with Crippen LogP contribution < -0.4 is 10.6 Å². The second-order valence-corrected chi connectivity index (χ2v) is 7.09. The molecule has 1 unspecified atom stereocenters. The second kappa shape index (κ2) is 14.3. The molecule has 1 saturated heterocycles. The quantitative estimate of drug-likeness (QED) is 0.234. The van der Waals surface area contributed by atoms with Crippen molar-refractivity contribution in [2.75, 3.05) is 32.7 Å². The maximum absolute atomic E-state index is 4.75. The summed E-state index contributed by atoms with van der Waals surface area (Å²) in [5.41, 5.74) is 1.40. The molecule has 26 heavy (non-hydrogen) atoms. The summed E-state index contributed by atoms with van der Waals surface area (Å²) in [6.07, 6.45) is 7.41. The molecule has 1 aromatic carbocycles. The van der Waals surface area contributed by atoms with E-state index in [4.69, 9.17) is 4.99 Å². The third-order valence-electron chi connectivity index (χ3n) is 4.79. The van der Waals surface area contributed by atoms with E-state index < -0.39 is 0 Å². The van der Waals surface area contributed by atoms with E-state index in [0.717, 1.165) is 31.9 Å². The number of rotatable bonds is 10. The van der Waals surface area contributed by atoms with Crippen LogP contribution in [-0.4, -0.2) is 49.6 Å². The van der Waals surface area contributed by atoms with Gasteiger partial charge in [0.1, 0.15) is 0 Å². The van der Waals surface area contributed by atoms with Gasteiger partial charge in [-0.1, -0.05) is 30.3 Å². The van der Waals surface area contributed by atoms with Gasteiger partial charge in [0.05, 0.1) is 0 Å². The van der Waals surface area contributed by atoms with Crippen molar-refractivity contribution in [3.8, 4) is 0 Å². The summed E-state index contributed by atoms with van der Waals surface area (Å²) in [5, 5.41) is 6.92. The number of benzene rings is 1. The van der Waals surface area contributed by atoms with Crippen LogP contribution in [0.5, 0.6) is 0 Å². The first-order valence-corrected chi connectivity index (χ1v) is 10.1. The van der Waals surface area contributed by atoms with Crippen molar-refractivity contribution < 1.29 is 0 Å². The zero-order chi connectivity index (χ0) is 17.7. The number of hydrogen-bond donors (Lipinski definition) is 2. The number of aryl methyl sites for hydroxylation is 1. The van der Waals surface area contributed by atoms with Crippen LogP contribution in [0.15, 0.2) is 35.3 Å². The fraction of sp³-hybridized carbons (Fsp3) is 0.667. The van der Waals surface area contributed by atoms with Gasteiger partial charge in [0.25, 0.3) is 0 Å². The average molecular weight is 472 g/mol. The van der Waals surface area contributed by atoms with Crippen LogP contribution in [0.4, 0.5) is 0 Å². The molecule has 2 N–H and O–H groups in total. The Morgan fingerprint density at radius 2 is 1.88 bits per heavy atom.